The third kappa shape index (κ3) is 1.90. The molecule has 2 atom stereocenters. The molecule has 1 amide bonds. The van der Waals surface area contributed by atoms with Crippen LogP contribution >= 0.6 is 0 Å². The maximum absolute atomic E-state index is 11.3. The number of benzene rings is 1. The van der Waals surface area contributed by atoms with Crippen LogP contribution in [0.1, 0.15) is 30.0 Å². The highest BCUT2D eigenvalue weighted by molar-refractivity contribution is 5.77. The average Bonchev–Trinajstić information content (AvgIpc) is 2.32. The van der Waals surface area contributed by atoms with Gasteiger partial charge in [-0.1, -0.05) is 18.2 Å². The summed E-state index contributed by atoms with van der Waals surface area (Å²) in [6.45, 7) is 0. The summed E-state index contributed by atoms with van der Waals surface area (Å²) in [5.74, 6) is -0.000516. The van der Waals surface area contributed by atoms with Gasteiger partial charge in [-0.25, -0.2) is 0 Å². The molecule has 1 aromatic rings. The van der Waals surface area contributed by atoms with E-state index in [0.717, 1.165) is 5.56 Å². The lowest BCUT2D eigenvalue weighted by Gasteiger charge is -2.30. The van der Waals surface area contributed by atoms with Crippen molar-refractivity contribution < 1.29 is 4.79 Å². The average molecular weight is 215 g/mol. The molecule has 1 saturated heterocycles. The third-order valence-corrected chi connectivity index (χ3v) is 2.87. The van der Waals surface area contributed by atoms with Crippen molar-refractivity contribution >= 4 is 5.91 Å². The quantitative estimate of drug-likeness (QED) is 0.728. The molecular weight excluding hydrogens is 202 g/mol. The van der Waals surface area contributed by atoms with Crippen LogP contribution in [0, 0.1) is 11.3 Å². The molecule has 2 unspecified atom stereocenters. The number of hydrogen-bond acceptors (Lipinski definition) is 3. The van der Waals surface area contributed by atoms with E-state index in [1.807, 2.05) is 12.1 Å². The Kier molecular flexibility index (Phi) is 2.88. The van der Waals surface area contributed by atoms with Crippen molar-refractivity contribution in [3.8, 4) is 6.07 Å². The second-order valence-corrected chi connectivity index (χ2v) is 3.95. The molecule has 0 aliphatic carbocycles. The zero-order valence-corrected chi connectivity index (χ0v) is 8.81. The van der Waals surface area contributed by atoms with Gasteiger partial charge in [0.15, 0.2) is 0 Å². The fourth-order valence-electron chi connectivity index (χ4n) is 2.00. The molecule has 0 spiro atoms. The molecule has 2 rings (SSSR count). The summed E-state index contributed by atoms with van der Waals surface area (Å²) in [4.78, 5) is 11.3. The second-order valence-electron chi connectivity index (χ2n) is 3.95. The number of amides is 1. The van der Waals surface area contributed by atoms with Crippen molar-refractivity contribution in [1.82, 2.24) is 5.32 Å². The van der Waals surface area contributed by atoms with Gasteiger partial charge < -0.3 is 11.1 Å². The van der Waals surface area contributed by atoms with Crippen LogP contribution in [0.4, 0.5) is 0 Å². The van der Waals surface area contributed by atoms with Crippen molar-refractivity contribution in [2.24, 2.45) is 5.73 Å². The van der Waals surface area contributed by atoms with E-state index >= 15 is 0 Å². The summed E-state index contributed by atoms with van der Waals surface area (Å²) in [6.07, 6.45) is 1.13. The Hall–Kier alpha value is -1.86. The Bertz CT molecular complexity index is 450. The number of nitrogens with two attached hydrogens (primary N) is 1. The largest absolute Gasteiger partial charge is 0.348 e. The van der Waals surface area contributed by atoms with E-state index in [4.69, 9.17) is 11.0 Å². The van der Waals surface area contributed by atoms with Crippen LogP contribution in [0.3, 0.4) is 0 Å². The number of nitrogens with one attached hydrogen (secondary N) is 1. The van der Waals surface area contributed by atoms with Crippen LogP contribution in [-0.4, -0.2) is 11.9 Å². The van der Waals surface area contributed by atoms with E-state index in [9.17, 15) is 4.79 Å². The minimum absolute atomic E-state index is 0.000516. The molecule has 16 heavy (non-hydrogen) atoms. The SMILES string of the molecule is N#Cc1ccccc1C1NC(=O)CCC1N. The molecule has 3 N–H and O–H groups in total. The minimum Gasteiger partial charge on any atom is -0.348 e. The predicted molar refractivity (Wildman–Crippen MR) is 59.3 cm³/mol. The molecule has 1 aliphatic heterocycles. The lowest BCUT2D eigenvalue weighted by molar-refractivity contribution is -0.123. The number of carbonyl (C=O) groups excluding carboxylic acids is 1. The highest BCUT2D eigenvalue weighted by Crippen LogP contribution is 2.25. The number of hydrogen-bond donors (Lipinski definition) is 2. The molecule has 82 valence electrons. The summed E-state index contributed by atoms with van der Waals surface area (Å²) >= 11 is 0. The Morgan fingerprint density at radius 2 is 2.19 bits per heavy atom. The minimum atomic E-state index is -0.239. The fourth-order valence-corrected chi connectivity index (χ4v) is 2.00. The van der Waals surface area contributed by atoms with Gasteiger partial charge >= 0.3 is 0 Å². The molecular formula is C12H13N3O. The van der Waals surface area contributed by atoms with Crippen molar-refractivity contribution in [2.45, 2.75) is 24.9 Å². The molecule has 1 aliphatic rings. The summed E-state index contributed by atoms with van der Waals surface area (Å²) in [7, 11) is 0. The maximum Gasteiger partial charge on any atom is 0.220 e. The van der Waals surface area contributed by atoms with Crippen LogP contribution < -0.4 is 11.1 Å². The van der Waals surface area contributed by atoms with Crippen LogP contribution in [0.5, 0.6) is 0 Å². The molecule has 1 heterocycles. The van der Waals surface area contributed by atoms with Crippen molar-refractivity contribution in [2.75, 3.05) is 0 Å². The first-order valence-corrected chi connectivity index (χ1v) is 5.26. The van der Waals surface area contributed by atoms with Gasteiger partial charge in [-0.05, 0) is 18.1 Å². The van der Waals surface area contributed by atoms with Crippen molar-refractivity contribution in [3.63, 3.8) is 0 Å². The summed E-state index contributed by atoms with van der Waals surface area (Å²) in [5.41, 5.74) is 7.36. The van der Waals surface area contributed by atoms with E-state index in [2.05, 4.69) is 11.4 Å². The number of piperidine rings is 1. The standard InChI is InChI=1S/C12H13N3O/c13-7-8-3-1-2-4-9(8)12-10(14)5-6-11(16)15-12/h1-4,10,12H,5-6,14H2,(H,15,16). The Labute approximate surface area is 94.1 Å². The van der Waals surface area contributed by atoms with E-state index < -0.39 is 0 Å². The normalized spacial score (nSPS) is 24.6. The lowest BCUT2D eigenvalue weighted by Crippen LogP contribution is -2.46. The van der Waals surface area contributed by atoms with Crippen molar-refractivity contribution in [3.05, 3.63) is 35.4 Å². The van der Waals surface area contributed by atoms with E-state index in [0.29, 0.717) is 18.4 Å². The van der Waals surface area contributed by atoms with E-state index in [-0.39, 0.29) is 18.0 Å². The number of carbonyl (C=O) groups is 1. The lowest BCUT2D eigenvalue weighted by atomic mass is 9.90. The molecule has 1 fully saturated rings. The molecule has 0 saturated carbocycles. The summed E-state index contributed by atoms with van der Waals surface area (Å²) in [5, 5.41) is 11.8. The summed E-state index contributed by atoms with van der Waals surface area (Å²) in [6, 6.07) is 9.00. The first-order valence-electron chi connectivity index (χ1n) is 5.26. The van der Waals surface area contributed by atoms with Crippen LogP contribution in [0.25, 0.3) is 0 Å². The van der Waals surface area contributed by atoms with Crippen LogP contribution in [0.2, 0.25) is 0 Å². The number of nitrogens with zero attached hydrogens (tertiary/aromatic N) is 1. The Balaban J connectivity index is 2.35. The van der Waals surface area contributed by atoms with Gasteiger partial charge in [-0.3, -0.25) is 4.79 Å². The number of nitriles is 1. The highest BCUT2D eigenvalue weighted by atomic mass is 16.1. The zero-order chi connectivity index (χ0) is 11.5. The van der Waals surface area contributed by atoms with Gasteiger partial charge in [-0.2, -0.15) is 5.26 Å². The van der Waals surface area contributed by atoms with Gasteiger partial charge in [-0.15, -0.1) is 0 Å². The van der Waals surface area contributed by atoms with E-state index in [1.165, 1.54) is 0 Å². The zero-order valence-electron chi connectivity index (χ0n) is 8.81. The first kappa shape index (κ1) is 10.7. The number of rotatable bonds is 1. The first-order chi connectivity index (χ1) is 7.72. The fraction of sp³-hybridized carbons (Fsp3) is 0.333. The Morgan fingerprint density at radius 3 is 2.94 bits per heavy atom. The second kappa shape index (κ2) is 4.33. The smallest absolute Gasteiger partial charge is 0.220 e. The monoisotopic (exact) mass is 215 g/mol. The Morgan fingerprint density at radius 1 is 1.44 bits per heavy atom. The predicted octanol–water partition coefficient (Wildman–Crippen LogP) is 0.837. The van der Waals surface area contributed by atoms with Gasteiger partial charge in [0.2, 0.25) is 5.91 Å². The van der Waals surface area contributed by atoms with E-state index in [1.54, 1.807) is 12.1 Å². The maximum atomic E-state index is 11.3. The molecule has 0 radical (unpaired) electrons. The van der Waals surface area contributed by atoms with Gasteiger partial charge in [0.05, 0.1) is 17.7 Å². The third-order valence-electron chi connectivity index (χ3n) is 2.87. The molecule has 0 aromatic heterocycles. The molecule has 4 nitrogen and oxygen atoms in total. The summed E-state index contributed by atoms with van der Waals surface area (Å²) < 4.78 is 0. The van der Waals surface area contributed by atoms with Gasteiger partial charge in [0.25, 0.3) is 0 Å². The van der Waals surface area contributed by atoms with Gasteiger partial charge in [0.1, 0.15) is 0 Å². The highest BCUT2D eigenvalue weighted by Gasteiger charge is 2.28. The molecule has 4 heteroatoms. The topological polar surface area (TPSA) is 78.9 Å². The molecule has 0 bridgehead atoms. The van der Waals surface area contributed by atoms with Crippen LogP contribution in [0.15, 0.2) is 24.3 Å². The van der Waals surface area contributed by atoms with Crippen LogP contribution in [-0.2, 0) is 4.79 Å². The molecule has 1 aromatic carbocycles. The van der Waals surface area contributed by atoms with Crippen molar-refractivity contribution in [1.29, 1.82) is 5.26 Å². The van der Waals surface area contributed by atoms with Gasteiger partial charge in [0, 0.05) is 12.5 Å².